The molecule has 6 nitrogen and oxygen atoms in total. The fourth-order valence-electron chi connectivity index (χ4n) is 3.23. The van der Waals surface area contributed by atoms with Crippen molar-refractivity contribution in [3.63, 3.8) is 0 Å². The lowest BCUT2D eigenvalue weighted by molar-refractivity contribution is 0.103. The molecule has 1 aliphatic rings. The van der Waals surface area contributed by atoms with Crippen LogP contribution in [0.25, 0.3) is 11.4 Å². The molecule has 2 aromatic heterocycles. The summed E-state index contributed by atoms with van der Waals surface area (Å²) in [5.74, 6) is 1.90. The Morgan fingerprint density at radius 3 is 2.92 bits per heavy atom. The van der Waals surface area contributed by atoms with Crippen molar-refractivity contribution in [3.8, 4) is 11.4 Å². The van der Waals surface area contributed by atoms with Crippen molar-refractivity contribution in [3.05, 3.63) is 51.5 Å². The molecule has 0 spiro atoms. The first-order valence-corrected chi connectivity index (χ1v) is 9.58. The van der Waals surface area contributed by atoms with Gasteiger partial charge in [0.15, 0.2) is 5.82 Å². The summed E-state index contributed by atoms with van der Waals surface area (Å²) >= 11 is 1.62. The zero-order valence-corrected chi connectivity index (χ0v) is 15.4. The van der Waals surface area contributed by atoms with Gasteiger partial charge in [-0.3, -0.25) is 9.89 Å². The van der Waals surface area contributed by atoms with Gasteiger partial charge in [-0.1, -0.05) is 6.92 Å². The highest BCUT2D eigenvalue weighted by atomic mass is 32.1. The van der Waals surface area contributed by atoms with Gasteiger partial charge in [0.05, 0.1) is 11.4 Å². The third-order valence-corrected chi connectivity index (χ3v) is 5.91. The van der Waals surface area contributed by atoms with Gasteiger partial charge >= 0.3 is 0 Å². The molecule has 0 fully saturated rings. The molecule has 0 saturated heterocycles. The zero-order chi connectivity index (χ0) is 18.1. The molecule has 1 unspecified atom stereocenters. The number of H-pyrrole nitrogens is 1. The molecule has 2 heterocycles. The number of carbonyl (C=O) groups excluding carboxylic acids is 1. The average molecular weight is 367 g/mol. The molecular formula is C19H21N5OS. The van der Waals surface area contributed by atoms with Crippen molar-refractivity contribution in [2.45, 2.75) is 32.7 Å². The number of nitrogens with one attached hydrogen (secondary N) is 2. The van der Waals surface area contributed by atoms with Crippen molar-refractivity contribution < 1.29 is 4.79 Å². The van der Waals surface area contributed by atoms with Crippen LogP contribution in [0, 0.1) is 5.92 Å². The number of aromatic amines is 1. The van der Waals surface area contributed by atoms with E-state index in [9.17, 15) is 4.79 Å². The molecule has 0 saturated carbocycles. The Labute approximate surface area is 155 Å². The molecule has 7 heteroatoms. The highest BCUT2D eigenvalue weighted by molar-refractivity contribution is 7.14. The largest absolute Gasteiger partial charge is 0.324 e. The molecule has 4 N–H and O–H groups in total. The summed E-state index contributed by atoms with van der Waals surface area (Å²) in [5.41, 5.74) is 8.51. The van der Waals surface area contributed by atoms with Crippen molar-refractivity contribution in [1.82, 2.24) is 15.2 Å². The number of fused-ring (bicyclic) bond motifs is 1. The van der Waals surface area contributed by atoms with Crippen LogP contribution in [0.2, 0.25) is 0 Å². The fraction of sp³-hybridized carbons (Fsp3) is 0.316. The van der Waals surface area contributed by atoms with E-state index in [-0.39, 0.29) is 5.91 Å². The molecule has 1 amide bonds. The Hall–Kier alpha value is -2.51. The van der Waals surface area contributed by atoms with E-state index in [1.165, 1.54) is 16.9 Å². The quantitative estimate of drug-likeness (QED) is 0.659. The smallest absolute Gasteiger partial charge is 0.265 e. The van der Waals surface area contributed by atoms with Crippen LogP contribution < -0.4 is 11.1 Å². The van der Waals surface area contributed by atoms with Gasteiger partial charge in [-0.25, -0.2) is 4.98 Å². The second-order valence-corrected chi connectivity index (χ2v) is 7.89. The van der Waals surface area contributed by atoms with E-state index < -0.39 is 0 Å². The predicted octanol–water partition coefficient (Wildman–Crippen LogP) is 3.37. The molecule has 0 radical (unpaired) electrons. The SMILES string of the molecule is CC1CCc2sc(C(=O)Nc3ccc(-c4n[nH]c(CN)n4)cc3)cc2C1. The molecule has 3 aromatic rings. The lowest BCUT2D eigenvalue weighted by Gasteiger charge is -2.16. The second kappa shape index (κ2) is 7.01. The van der Waals surface area contributed by atoms with E-state index in [1.54, 1.807) is 11.3 Å². The first kappa shape index (κ1) is 16.9. The van der Waals surface area contributed by atoms with Crippen LogP contribution in [0.1, 0.15) is 39.3 Å². The summed E-state index contributed by atoms with van der Waals surface area (Å²) in [6.45, 7) is 2.59. The standard InChI is InChI=1S/C19H21N5OS/c1-11-2-7-15-13(8-11)9-16(26-15)19(25)21-14-5-3-12(4-6-14)18-22-17(10-20)23-24-18/h3-6,9,11H,2,7-8,10,20H2,1H3,(H,21,25)(H,22,23,24). The molecule has 26 heavy (non-hydrogen) atoms. The number of aryl methyl sites for hydroxylation is 1. The molecule has 1 atom stereocenters. The van der Waals surface area contributed by atoms with Crippen molar-refractivity contribution in [2.24, 2.45) is 11.7 Å². The van der Waals surface area contributed by atoms with Gasteiger partial charge in [-0.15, -0.1) is 11.3 Å². The number of benzene rings is 1. The minimum Gasteiger partial charge on any atom is -0.324 e. The number of hydrogen-bond donors (Lipinski definition) is 3. The third kappa shape index (κ3) is 3.40. The van der Waals surface area contributed by atoms with Gasteiger partial charge in [0.25, 0.3) is 5.91 Å². The highest BCUT2D eigenvalue weighted by Gasteiger charge is 2.20. The minimum atomic E-state index is -0.0480. The highest BCUT2D eigenvalue weighted by Crippen LogP contribution is 2.32. The molecule has 0 aliphatic heterocycles. The van der Waals surface area contributed by atoms with Gasteiger partial charge in [-0.2, -0.15) is 5.10 Å². The predicted molar refractivity (Wildman–Crippen MR) is 103 cm³/mol. The van der Waals surface area contributed by atoms with Crippen LogP contribution in [-0.2, 0) is 19.4 Å². The number of anilines is 1. The van der Waals surface area contributed by atoms with Crippen molar-refractivity contribution >= 4 is 22.9 Å². The summed E-state index contributed by atoms with van der Waals surface area (Å²) in [5, 5.41) is 9.91. The number of rotatable bonds is 4. The Bertz CT molecular complexity index is 928. The monoisotopic (exact) mass is 367 g/mol. The summed E-state index contributed by atoms with van der Waals surface area (Å²) in [6, 6.07) is 9.56. The normalized spacial score (nSPS) is 16.3. The summed E-state index contributed by atoms with van der Waals surface area (Å²) < 4.78 is 0. The van der Waals surface area contributed by atoms with E-state index in [1.807, 2.05) is 24.3 Å². The number of nitrogens with zero attached hydrogens (tertiary/aromatic N) is 2. The molecule has 1 aromatic carbocycles. The summed E-state index contributed by atoms with van der Waals surface area (Å²) in [6.07, 6.45) is 3.38. The third-order valence-electron chi connectivity index (χ3n) is 4.68. The number of aromatic nitrogens is 3. The van der Waals surface area contributed by atoms with Gasteiger partial charge < -0.3 is 11.1 Å². The van der Waals surface area contributed by atoms with Gasteiger partial charge in [0, 0.05) is 16.1 Å². The summed E-state index contributed by atoms with van der Waals surface area (Å²) in [4.78, 5) is 19.0. The van der Waals surface area contributed by atoms with Crippen LogP contribution in [-0.4, -0.2) is 21.1 Å². The van der Waals surface area contributed by atoms with Crippen LogP contribution >= 0.6 is 11.3 Å². The summed E-state index contributed by atoms with van der Waals surface area (Å²) in [7, 11) is 0. The van der Waals surface area contributed by atoms with Crippen LogP contribution in [0.4, 0.5) is 5.69 Å². The maximum atomic E-state index is 12.6. The molecular weight excluding hydrogens is 346 g/mol. The Kier molecular flexibility index (Phi) is 4.57. The van der Waals surface area contributed by atoms with Gasteiger partial charge in [0.1, 0.15) is 5.82 Å². The van der Waals surface area contributed by atoms with Crippen molar-refractivity contribution in [1.29, 1.82) is 0 Å². The minimum absolute atomic E-state index is 0.0480. The molecule has 1 aliphatic carbocycles. The Balaban J connectivity index is 1.46. The van der Waals surface area contributed by atoms with E-state index in [2.05, 4.69) is 33.5 Å². The first-order chi connectivity index (χ1) is 12.6. The molecule has 0 bridgehead atoms. The number of hydrogen-bond acceptors (Lipinski definition) is 5. The van der Waals surface area contributed by atoms with Crippen molar-refractivity contribution in [2.75, 3.05) is 5.32 Å². The van der Waals surface area contributed by atoms with E-state index >= 15 is 0 Å². The average Bonchev–Trinajstić information content (AvgIpc) is 3.28. The molecule has 134 valence electrons. The fourth-order valence-corrected chi connectivity index (χ4v) is 4.33. The van der Waals surface area contributed by atoms with Crippen LogP contribution in [0.3, 0.4) is 0 Å². The van der Waals surface area contributed by atoms with E-state index in [0.29, 0.717) is 24.1 Å². The zero-order valence-electron chi connectivity index (χ0n) is 14.6. The second-order valence-electron chi connectivity index (χ2n) is 6.75. The van der Waals surface area contributed by atoms with Crippen LogP contribution in [0.5, 0.6) is 0 Å². The maximum Gasteiger partial charge on any atom is 0.265 e. The number of thiophene rings is 1. The van der Waals surface area contributed by atoms with Gasteiger partial charge in [0.2, 0.25) is 0 Å². The van der Waals surface area contributed by atoms with Gasteiger partial charge in [-0.05, 0) is 61.1 Å². The Morgan fingerprint density at radius 2 is 2.19 bits per heavy atom. The topological polar surface area (TPSA) is 96.7 Å². The number of carbonyl (C=O) groups is 1. The molecule has 4 rings (SSSR count). The number of nitrogens with two attached hydrogens (primary N) is 1. The van der Waals surface area contributed by atoms with E-state index in [4.69, 9.17) is 5.73 Å². The van der Waals surface area contributed by atoms with E-state index in [0.717, 1.165) is 29.0 Å². The van der Waals surface area contributed by atoms with Crippen LogP contribution in [0.15, 0.2) is 30.3 Å². The maximum absolute atomic E-state index is 12.6. The first-order valence-electron chi connectivity index (χ1n) is 8.77. The lowest BCUT2D eigenvalue weighted by atomic mass is 9.90. The number of amides is 1. The Morgan fingerprint density at radius 1 is 1.38 bits per heavy atom. The lowest BCUT2D eigenvalue weighted by Crippen LogP contribution is -2.10.